The van der Waals surface area contributed by atoms with Crippen LogP contribution in [0.3, 0.4) is 0 Å². The maximum Gasteiger partial charge on any atom is 0.329 e. The van der Waals surface area contributed by atoms with Crippen molar-refractivity contribution in [2.24, 2.45) is 0 Å². The number of benzene rings is 1. The highest BCUT2D eigenvalue weighted by molar-refractivity contribution is 6.31. The van der Waals surface area contributed by atoms with Crippen molar-refractivity contribution in [3.8, 4) is 0 Å². The topological polar surface area (TPSA) is 78.4 Å². The number of hydrogen-bond donors (Lipinski definition) is 3. The second-order valence-electron chi connectivity index (χ2n) is 4.93. The molecule has 0 saturated carbocycles. The molecule has 0 fully saturated rings. The van der Waals surface area contributed by atoms with Gasteiger partial charge in [-0.1, -0.05) is 31.0 Å². The van der Waals surface area contributed by atoms with Crippen LogP contribution in [-0.2, 0) is 4.79 Å². The molecule has 110 valence electrons. The van der Waals surface area contributed by atoms with E-state index in [2.05, 4.69) is 10.6 Å². The molecular formula is C14H19ClN2O3. The third-order valence-electron chi connectivity index (χ3n) is 3.04. The number of halogens is 1. The predicted molar refractivity (Wildman–Crippen MR) is 79.3 cm³/mol. The van der Waals surface area contributed by atoms with Crippen LogP contribution >= 0.6 is 11.6 Å². The Bertz CT molecular complexity index is 519. The van der Waals surface area contributed by atoms with E-state index in [0.29, 0.717) is 23.6 Å². The first-order valence-corrected chi connectivity index (χ1v) is 6.75. The maximum atomic E-state index is 11.9. The average molecular weight is 299 g/mol. The smallest absolute Gasteiger partial charge is 0.329 e. The van der Waals surface area contributed by atoms with Gasteiger partial charge in [-0.25, -0.2) is 9.59 Å². The number of carbonyl (C=O) groups excluding carboxylic acids is 1. The first-order valence-electron chi connectivity index (χ1n) is 6.37. The lowest BCUT2D eigenvalue weighted by Crippen LogP contribution is -2.53. The number of aryl methyl sites for hydroxylation is 1. The third-order valence-corrected chi connectivity index (χ3v) is 3.45. The fourth-order valence-electron chi connectivity index (χ4n) is 1.81. The molecule has 0 aliphatic rings. The molecule has 1 unspecified atom stereocenters. The van der Waals surface area contributed by atoms with Gasteiger partial charge in [-0.15, -0.1) is 0 Å². The number of rotatable bonds is 5. The van der Waals surface area contributed by atoms with Crippen molar-refractivity contribution in [3.63, 3.8) is 0 Å². The highest BCUT2D eigenvalue weighted by Crippen LogP contribution is 2.20. The van der Waals surface area contributed by atoms with Gasteiger partial charge < -0.3 is 15.7 Å². The number of aliphatic carboxylic acids is 1. The van der Waals surface area contributed by atoms with Gasteiger partial charge in [0.2, 0.25) is 0 Å². The fourth-order valence-corrected chi connectivity index (χ4v) is 1.99. The van der Waals surface area contributed by atoms with Gasteiger partial charge in [0.15, 0.2) is 0 Å². The monoisotopic (exact) mass is 298 g/mol. The number of amides is 2. The van der Waals surface area contributed by atoms with Gasteiger partial charge in [0, 0.05) is 10.7 Å². The van der Waals surface area contributed by atoms with E-state index in [9.17, 15) is 14.7 Å². The molecule has 3 N–H and O–H groups in total. The Hall–Kier alpha value is -1.75. The van der Waals surface area contributed by atoms with Crippen molar-refractivity contribution < 1.29 is 14.7 Å². The lowest BCUT2D eigenvalue weighted by molar-refractivity contribution is -0.143. The number of carbonyl (C=O) groups is 2. The van der Waals surface area contributed by atoms with Gasteiger partial charge in [0.25, 0.3) is 0 Å². The molecule has 0 radical (unpaired) electrons. The van der Waals surface area contributed by atoms with Crippen molar-refractivity contribution in [3.05, 3.63) is 28.8 Å². The molecule has 0 aliphatic carbocycles. The van der Waals surface area contributed by atoms with Gasteiger partial charge in [-0.3, -0.25) is 0 Å². The first-order chi connectivity index (χ1) is 9.28. The number of anilines is 1. The first kappa shape index (κ1) is 16.3. The van der Waals surface area contributed by atoms with Gasteiger partial charge >= 0.3 is 12.0 Å². The summed E-state index contributed by atoms with van der Waals surface area (Å²) in [5.41, 5.74) is 0.133. The van der Waals surface area contributed by atoms with Gasteiger partial charge in [-0.05, 0) is 38.0 Å². The molecule has 20 heavy (non-hydrogen) atoms. The lowest BCUT2D eigenvalue weighted by atomic mass is 9.97. The molecule has 5 nitrogen and oxygen atoms in total. The minimum atomic E-state index is -1.28. The van der Waals surface area contributed by atoms with Crippen LogP contribution < -0.4 is 10.6 Å². The molecule has 0 saturated heterocycles. The normalized spacial score (nSPS) is 13.4. The van der Waals surface area contributed by atoms with Crippen LogP contribution in [-0.4, -0.2) is 22.6 Å². The van der Waals surface area contributed by atoms with Crippen molar-refractivity contribution >= 4 is 29.3 Å². The number of carboxylic acid groups (broad SMARTS) is 1. The molecule has 1 rings (SSSR count). The second kappa shape index (κ2) is 6.61. The van der Waals surface area contributed by atoms with E-state index in [1.54, 1.807) is 18.2 Å². The molecule has 0 spiro atoms. The highest BCUT2D eigenvalue weighted by Gasteiger charge is 2.33. The molecular weight excluding hydrogens is 280 g/mol. The van der Waals surface area contributed by atoms with Crippen molar-refractivity contribution in [1.29, 1.82) is 0 Å². The molecule has 2 amide bonds. The maximum absolute atomic E-state index is 11.9. The fraction of sp³-hybridized carbons (Fsp3) is 0.429. The molecule has 1 aromatic carbocycles. The predicted octanol–water partition coefficient (Wildman–Crippen LogP) is 3.41. The van der Waals surface area contributed by atoms with Crippen LogP contribution in [0.2, 0.25) is 5.02 Å². The van der Waals surface area contributed by atoms with Crippen LogP contribution in [0.4, 0.5) is 10.5 Å². The molecule has 0 aliphatic heterocycles. The van der Waals surface area contributed by atoms with Gasteiger partial charge in [0.05, 0.1) is 0 Å². The largest absolute Gasteiger partial charge is 0.480 e. The van der Waals surface area contributed by atoms with E-state index in [1.165, 1.54) is 6.92 Å². The lowest BCUT2D eigenvalue weighted by Gasteiger charge is -2.25. The summed E-state index contributed by atoms with van der Waals surface area (Å²) in [5.74, 6) is -1.06. The van der Waals surface area contributed by atoms with E-state index in [0.717, 1.165) is 5.56 Å². The molecule has 0 bridgehead atoms. The number of nitrogens with one attached hydrogen (secondary N) is 2. The van der Waals surface area contributed by atoms with Crippen LogP contribution in [0.1, 0.15) is 32.3 Å². The molecule has 1 atom stereocenters. The Balaban J connectivity index is 2.75. The number of urea groups is 1. The quantitative estimate of drug-likeness (QED) is 0.779. The number of hydrogen-bond acceptors (Lipinski definition) is 2. The van der Waals surface area contributed by atoms with Crippen molar-refractivity contribution in [2.75, 3.05) is 5.32 Å². The zero-order chi connectivity index (χ0) is 15.3. The molecule has 1 aromatic rings. The van der Waals surface area contributed by atoms with Crippen LogP contribution in [0, 0.1) is 6.92 Å². The standard InChI is InChI=1S/C14H19ClN2O3/c1-4-7-14(3,12(18)19)17-13(20)16-10-6-5-9(2)11(15)8-10/h5-6,8H,4,7H2,1-3H3,(H,18,19)(H2,16,17,20). The summed E-state index contributed by atoms with van der Waals surface area (Å²) < 4.78 is 0. The van der Waals surface area contributed by atoms with E-state index in [4.69, 9.17) is 11.6 Å². The van der Waals surface area contributed by atoms with E-state index >= 15 is 0 Å². The summed E-state index contributed by atoms with van der Waals surface area (Å²) in [6.07, 6.45) is 1.00. The minimum Gasteiger partial charge on any atom is -0.480 e. The second-order valence-corrected chi connectivity index (χ2v) is 5.34. The zero-order valence-electron chi connectivity index (χ0n) is 11.8. The summed E-state index contributed by atoms with van der Waals surface area (Å²) >= 11 is 5.96. The Labute approximate surface area is 123 Å². The number of carboxylic acids is 1. The summed E-state index contributed by atoms with van der Waals surface area (Å²) in [6.45, 7) is 5.20. The molecule has 0 aromatic heterocycles. The summed E-state index contributed by atoms with van der Waals surface area (Å²) in [4.78, 5) is 23.1. The van der Waals surface area contributed by atoms with Crippen LogP contribution in [0.5, 0.6) is 0 Å². The Kier molecular flexibility index (Phi) is 5.39. The summed E-state index contributed by atoms with van der Waals surface area (Å²) in [6, 6.07) is 4.54. The van der Waals surface area contributed by atoms with E-state index in [-0.39, 0.29) is 0 Å². The SMILES string of the molecule is CCCC(C)(NC(=O)Nc1ccc(C)c(Cl)c1)C(=O)O. The zero-order valence-corrected chi connectivity index (χ0v) is 12.5. The summed E-state index contributed by atoms with van der Waals surface area (Å²) in [7, 11) is 0. The molecule has 6 heteroatoms. The Morgan fingerprint density at radius 3 is 2.55 bits per heavy atom. The van der Waals surface area contributed by atoms with E-state index in [1.807, 2.05) is 13.8 Å². The van der Waals surface area contributed by atoms with Crippen LogP contribution in [0.15, 0.2) is 18.2 Å². The Morgan fingerprint density at radius 2 is 2.05 bits per heavy atom. The van der Waals surface area contributed by atoms with Gasteiger partial charge in [-0.2, -0.15) is 0 Å². The molecule has 0 heterocycles. The highest BCUT2D eigenvalue weighted by atomic mass is 35.5. The minimum absolute atomic E-state index is 0.352. The van der Waals surface area contributed by atoms with E-state index < -0.39 is 17.5 Å². The Morgan fingerprint density at radius 1 is 1.40 bits per heavy atom. The van der Waals surface area contributed by atoms with Crippen molar-refractivity contribution in [2.45, 2.75) is 39.2 Å². The van der Waals surface area contributed by atoms with Crippen LogP contribution in [0.25, 0.3) is 0 Å². The third kappa shape index (κ3) is 4.13. The average Bonchev–Trinajstić information content (AvgIpc) is 2.33. The summed E-state index contributed by atoms with van der Waals surface area (Å²) in [5, 5.41) is 14.8. The van der Waals surface area contributed by atoms with Crippen molar-refractivity contribution in [1.82, 2.24) is 5.32 Å². The van der Waals surface area contributed by atoms with Gasteiger partial charge in [0.1, 0.15) is 5.54 Å².